The number of aliphatic hydroxyl groups is 9. The van der Waals surface area contributed by atoms with Gasteiger partial charge in [-0.2, -0.15) is 0 Å². The van der Waals surface area contributed by atoms with E-state index in [1.54, 1.807) is 6.92 Å². The van der Waals surface area contributed by atoms with Gasteiger partial charge in [0.25, 0.3) is 0 Å². The van der Waals surface area contributed by atoms with Crippen molar-refractivity contribution in [1.29, 1.82) is 0 Å². The molecule has 5 saturated carbocycles. The van der Waals surface area contributed by atoms with E-state index in [1.165, 1.54) is 0 Å². The van der Waals surface area contributed by atoms with E-state index in [4.69, 9.17) is 23.7 Å². The SMILES string of the molecule is CC(C1CC(O)C(C)(CO)O1)C1C(=O)CC2(C)C3CCC4C(C)(C)C(OC5OC(CO)C(O)C(O)C5OC5OC(CO)C(O)C(O)C5O)CCC45CC35CCC12C. The van der Waals surface area contributed by atoms with Crippen molar-refractivity contribution in [2.24, 2.45) is 50.7 Å². The molecular formula is C42H68O15. The van der Waals surface area contributed by atoms with E-state index >= 15 is 0 Å². The molecule has 3 saturated heterocycles. The standard InChI is InChI=1S/C42H68O15/c1-19(21-13-26(47)40(6,18-45)57-21)28-20(46)14-39(5)25-8-7-24-37(2,3)27(9-10-41(24)17-42(25,41)12-11-38(28,39)4)55-36-34(32(51)30(49)23(16-44)54-36)56-35-33(52)31(50)29(48)22(15-43)53-35/h19,21-36,43-45,47-52H,7-18H2,1-6H3. The van der Waals surface area contributed by atoms with Gasteiger partial charge in [0.05, 0.1) is 38.1 Å². The average molecular weight is 813 g/mol. The summed E-state index contributed by atoms with van der Waals surface area (Å²) in [4.78, 5) is 14.3. The summed E-state index contributed by atoms with van der Waals surface area (Å²) in [6, 6.07) is 0. The van der Waals surface area contributed by atoms with Crippen LogP contribution in [0.25, 0.3) is 0 Å². The molecule has 0 amide bonds. The second kappa shape index (κ2) is 14.3. The van der Waals surface area contributed by atoms with E-state index in [0.717, 1.165) is 38.5 Å². The molecule has 3 aliphatic heterocycles. The number of hydrogen-bond acceptors (Lipinski definition) is 15. The summed E-state index contributed by atoms with van der Waals surface area (Å²) in [6.45, 7) is 11.4. The number of hydrogen-bond donors (Lipinski definition) is 9. The zero-order valence-corrected chi connectivity index (χ0v) is 34.3. The number of carbonyl (C=O) groups excluding carboxylic acids is 1. The highest BCUT2D eigenvalue weighted by Gasteiger charge is 2.83. The van der Waals surface area contributed by atoms with Crippen molar-refractivity contribution in [3.63, 3.8) is 0 Å². The first kappa shape index (κ1) is 42.8. The molecule has 22 atom stereocenters. The number of Topliss-reactive ketones (excluding diaryl/α,β-unsaturated/α-hetero) is 1. The van der Waals surface area contributed by atoms with E-state index in [2.05, 4.69) is 34.6 Å². The minimum atomic E-state index is -1.76. The van der Waals surface area contributed by atoms with Gasteiger partial charge in [0.2, 0.25) is 0 Å². The number of ketones is 1. The van der Waals surface area contributed by atoms with Crippen molar-refractivity contribution in [1.82, 2.24) is 0 Å². The molecular weight excluding hydrogens is 744 g/mol. The second-order valence-electron chi connectivity index (χ2n) is 20.9. The van der Waals surface area contributed by atoms with Crippen molar-refractivity contribution >= 4 is 5.78 Å². The molecule has 0 aromatic heterocycles. The molecule has 8 rings (SSSR count). The molecule has 15 nitrogen and oxygen atoms in total. The molecule has 3 heterocycles. The van der Waals surface area contributed by atoms with Crippen molar-refractivity contribution in [3.8, 4) is 0 Å². The molecule has 8 aliphatic rings. The lowest BCUT2D eigenvalue weighted by atomic mass is 9.41. The van der Waals surface area contributed by atoms with Crippen molar-refractivity contribution in [2.45, 2.75) is 185 Å². The number of aliphatic hydroxyl groups excluding tert-OH is 9. The predicted molar refractivity (Wildman–Crippen MR) is 199 cm³/mol. The van der Waals surface area contributed by atoms with Gasteiger partial charge in [-0.15, -0.1) is 0 Å². The number of ether oxygens (including phenoxy) is 5. The van der Waals surface area contributed by atoms with Crippen LogP contribution in [0.4, 0.5) is 0 Å². The minimum absolute atomic E-state index is 0.0704. The van der Waals surface area contributed by atoms with Gasteiger partial charge in [0.1, 0.15) is 60.2 Å². The zero-order valence-electron chi connectivity index (χ0n) is 34.3. The Morgan fingerprint density at radius 3 is 1.96 bits per heavy atom. The summed E-state index contributed by atoms with van der Waals surface area (Å²) >= 11 is 0. The van der Waals surface area contributed by atoms with Gasteiger partial charge in [-0.1, -0.05) is 34.6 Å². The first-order chi connectivity index (χ1) is 26.7. The smallest absolute Gasteiger partial charge is 0.187 e. The number of fused-ring (bicyclic) bond motifs is 2. The third-order valence-electron chi connectivity index (χ3n) is 18.2. The van der Waals surface area contributed by atoms with Crippen LogP contribution >= 0.6 is 0 Å². The summed E-state index contributed by atoms with van der Waals surface area (Å²) in [6.07, 6.45) is -9.12. The van der Waals surface area contributed by atoms with Crippen LogP contribution < -0.4 is 0 Å². The van der Waals surface area contributed by atoms with Crippen LogP contribution in [0.15, 0.2) is 0 Å². The molecule has 326 valence electrons. The van der Waals surface area contributed by atoms with Gasteiger partial charge in [-0.05, 0) is 96.7 Å². The Labute approximate surface area is 335 Å². The first-order valence-corrected chi connectivity index (χ1v) is 21.4. The molecule has 15 heteroatoms. The molecule has 0 aromatic carbocycles. The summed E-state index contributed by atoms with van der Waals surface area (Å²) in [5.74, 6) is 0.638. The topological polar surface area (TPSA) is 245 Å². The Morgan fingerprint density at radius 2 is 1.33 bits per heavy atom. The quantitative estimate of drug-likeness (QED) is 0.141. The van der Waals surface area contributed by atoms with Crippen LogP contribution in [0.1, 0.15) is 99.3 Å². The van der Waals surface area contributed by atoms with Gasteiger partial charge < -0.3 is 69.6 Å². The Morgan fingerprint density at radius 1 is 0.719 bits per heavy atom. The Kier molecular flexibility index (Phi) is 10.8. The van der Waals surface area contributed by atoms with Gasteiger partial charge in [0.15, 0.2) is 12.6 Å². The molecule has 9 N–H and O–H groups in total. The Hall–Kier alpha value is -0.890. The van der Waals surface area contributed by atoms with Crippen LogP contribution in [0.2, 0.25) is 0 Å². The predicted octanol–water partition coefficient (Wildman–Crippen LogP) is 0.151. The average Bonchev–Trinajstić information content (AvgIpc) is 3.66. The van der Waals surface area contributed by atoms with Gasteiger partial charge in [-0.3, -0.25) is 4.79 Å². The third kappa shape index (κ3) is 5.92. The maximum Gasteiger partial charge on any atom is 0.187 e. The fourth-order valence-electron chi connectivity index (χ4n) is 14.7. The molecule has 2 spiro atoms. The van der Waals surface area contributed by atoms with Gasteiger partial charge in [0, 0.05) is 18.8 Å². The third-order valence-corrected chi connectivity index (χ3v) is 18.2. The number of carbonyl (C=O) groups is 1. The second-order valence-corrected chi connectivity index (χ2v) is 20.9. The highest BCUT2D eigenvalue weighted by Crippen LogP contribution is 2.89. The molecule has 0 aromatic rings. The molecule has 0 bridgehead atoms. The molecule has 0 radical (unpaired) electrons. The van der Waals surface area contributed by atoms with Gasteiger partial charge in [-0.25, -0.2) is 0 Å². The summed E-state index contributed by atoms with van der Waals surface area (Å²) in [7, 11) is 0. The van der Waals surface area contributed by atoms with Crippen molar-refractivity contribution in [2.75, 3.05) is 19.8 Å². The first-order valence-electron chi connectivity index (χ1n) is 21.4. The monoisotopic (exact) mass is 812 g/mol. The minimum Gasteiger partial charge on any atom is -0.394 e. The summed E-state index contributed by atoms with van der Waals surface area (Å²) < 4.78 is 30.7. The van der Waals surface area contributed by atoms with E-state index < -0.39 is 86.3 Å². The number of rotatable bonds is 9. The Bertz CT molecular complexity index is 1530. The molecule has 22 unspecified atom stereocenters. The summed E-state index contributed by atoms with van der Waals surface area (Å²) in [5.41, 5.74) is -1.69. The maximum absolute atomic E-state index is 14.3. The van der Waals surface area contributed by atoms with Crippen molar-refractivity contribution in [3.05, 3.63) is 0 Å². The highest BCUT2D eigenvalue weighted by atomic mass is 16.8. The van der Waals surface area contributed by atoms with E-state index in [0.29, 0.717) is 25.2 Å². The van der Waals surface area contributed by atoms with Crippen LogP contribution in [0.3, 0.4) is 0 Å². The lowest BCUT2D eigenvalue weighted by molar-refractivity contribution is -0.377. The van der Waals surface area contributed by atoms with E-state index in [1.807, 2.05) is 0 Å². The molecule has 5 aliphatic carbocycles. The van der Waals surface area contributed by atoms with Crippen molar-refractivity contribution < 1.29 is 74.4 Å². The van der Waals surface area contributed by atoms with Gasteiger partial charge >= 0.3 is 0 Å². The highest BCUT2D eigenvalue weighted by molar-refractivity contribution is 5.86. The molecule has 8 fully saturated rings. The van der Waals surface area contributed by atoms with Crippen LogP contribution in [-0.4, -0.2) is 157 Å². The fraction of sp³-hybridized carbons (Fsp3) is 0.976. The van der Waals surface area contributed by atoms with E-state index in [-0.39, 0.29) is 69.4 Å². The normalized spacial score (nSPS) is 57.4. The molecule has 57 heavy (non-hydrogen) atoms. The zero-order chi connectivity index (χ0) is 41.4. The summed E-state index contributed by atoms with van der Waals surface area (Å²) in [5, 5.41) is 94.1. The Balaban J connectivity index is 1.01. The largest absolute Gasteiger partial charge is 0.394 e. The van der Waals surface area contributed by atoms with E-state index in [9.17, 15) is 50.8 Å². The van der Waals surface area contributed by atoms with Crippen LogP contribution in [0.5, 0.6) is 0 Å². The maximum atomic E-state index is 14.3. The van der Waals surface area contributed by atoms with Crippen LogP contribution in [-0.2, 0) is 28.5 Å². The van der Waals surface area contributed by atoms with Crippen LogP contribution in [0, 0.1) is 50.7 Å². The fourth-order valence-corrected chi connectivity index (χ4v) is 14.7. The lowest BCUT2D eigenvalue weighted by Crippen LogP contribution is -2.65. The lowest BCUT2D eigenvalue weighted by Gasteiger charge is -2.63.